The molecule has 0 saturated heterocycles. The second-order valence-corrected chi connectivity index (χ2v) is 3.31. The molecule has 0 unspecified atom stereocenters. The normalized spacial score (nSPS) is 9.91. The van der Waals surface area contributed by atoms with Crippen LogP contribution in [0.2, 0.25) is 0 Å². The number of halogens is 1. The van der Waals surface area contributed by atoms with Gasteiger partial charge in [-0.1, -0.05) is 28.8 Å². The van der Waals surface area contributed by atoms with E-state index in [1.165, 1.54) is 12.8 Å². The second kappa shape index (κ2) is 7.98. The van der Waals surface area contributed by atoms with Crippen molar-refractivity contribution in [2.75, 3.05) is 11.9 Å². The minimum absolute atomic E-state index is 0.133. The molecule has 0 aromatic rings. The lowest BCUT2D eigenvalue weighted by atomic mass is 10.2. The first kappa shape index (κ1) is 10.9. The summed E-state index contributed by atoms with van der Waals surface area (Å²) in [6, 6.07) is 0. The molecule has 0 aromatic carbocycles. The van der Waals surface area contributed by atoms with Crippen LogP contribution >= 0.6 is 15.9 Å². The number of nitro groups is 1. The summed E-state index contributed by atoms with van der Waals surface area (Å²) in [5.41, 5.74) is 0. The van der Waals surface area contributed by atoms with Crippen molar-refractivity contribution in [1.82, 2.24) is 0 Å². The Bertz CT molecular complexity index is 109. The Hall–Kier alpha value is -0.120. The molecule has 0 spiro atoms. The maximum Gasteiger partial charge on any atom is 0.203 e. The Kier molecular flexibility index (Phi) is 7.89. The molecular weight excluding hydrogens is 210 g/mol. The third-order valence-electron chi connectivity index (χ3n) is 1.47. The first-order valence-electron chi connectivity index (χ1n) is 3.95. The molecule has 0 aromatic heterocycles. The maximum atomic E-state index is 9.89. The van der Waals surface area contributed by atoms with Crippen molar-refractivity contribution in [2.24, 2.45) is 0 Å². The molecular formula is C7H14BrNO2. The van der Waals surface area contributed by atoms with Gasteiger partial charge in [-0.05, 0) is 12.8 Å². The number of unbranched alkanes of at least 4 members (excludes halogenated alkanes) is 4. The Labute approximate surface area is 75.4 Å². The highest BCUT2D eigenvalue weighted by atomic mass is 79.9. The second-order valence-electron chi connectivity index (χ2n) is 2.51. The van der Waals surface area contributed by atoms with Crippen LogP contribution in [0.5, 0.6) is 0 Å². The Balaban J connectivity index is 2.85. The van der Waals surface area contributed by atoms with E-state index in [0.717, 1.165) is 24.6 Å². The molecule has 0 radical (unpaired) electrons. The minimum atomic E-state index is -0.246. The summed E-state index contributed by atoms with van der Waals surface area (Å²) in [4.78, 5) is 9.64. The van der Waals surface area contributed by atoms with E-state index >= 15 is 0 Å². The molecule has 3 nitrogen and oxygen atoms in total. The number of hydrogen-bond acceptors (Lipinski definition) is 2. The van der Waals surface area contributed by atoms with E-state index in [1.807, 2.05) is 0 Å². The van der Waals surface area contributed by atoms with Gasteiger partial charge in [-0.25, -0.2) is 0 Å². The fourth-order valence-electron chi connectivity index (χ4n) is 0.866. The van der Waals surface area contributed by atoms with Crippen molar-refractivity contribution in [3.8, 4) is 0 Å². The third kappa shape index (κ3) is 9.88. The van der Waals surface area contributed by atoms with Gasteiger partial charge >= 0.3 is 0 Å². The van der Waals surface area contributed by atoms with Gasteiger partial charge in [0, 0.05) is 16.7 Å². The monoisotopic (exact) mass is 223 g/mol. The molecule has 0 heterocycles. The highest BCUT2D eigenvalue weighted by Gasteiger charge is 1.95. The zero-order valence-electron chi connectivity index (χ0n) is 6.59. The van der Waals surface area contributed by atoms with Crippen LogP contribution in [0.1, 0.15) is 32.1 Å². The smallest absolute Gasteiger partial charge is 0.203 e. The third-order valence-corrected chi connectivity index (χ3v) is 2.04. The van der Waals surface area contributed by atoms with Gasteiger partial charge in [0.2, 0.25) is 6.54 Å². The minimum Gasteiger partial charge on any atom is -0.265 e. The molecule has 4 heteroatoms. The lowest BCUT2D eigenvalue weighted by Crippen LogP contribution is -1.99. The summed E-state index contributed by atoms with van der Waals surface area (Å²) in [7, 11) is 0. The topological polar surface area (TPSA) is 43.1 Å². The van der Waals surface area contributed by atoms with Crippen LogP contribution in [0.15, 0.2) is 0 Å². The van der Waals surface area contributed by atoms with Crippen molar-refractivity contribution in [1.29, 1.82) is 0 Å². The van der Waals surface area contributed by atoms with E-state index in [-0.39, 0.29) is 11.5 Å². The highest BCUT2D eigenvalue weighted by molar-refractivity contribution is 9.09. The summed E-state index contributed by atoms with van der Waals surface area (Å²) in [6.45, 7) is 0.133. The van der Waals surface area contributed by atoms with Gasteiger partial charge in [0.05, 0.1) is 0 Å². The summed E-state index contributed by atoms with van der Waals surface area (Å²) in [6.07, 6.45) is 5.21. The summed E-state index contributed by atoms with van der Waals surface area (Å²) < 4.78 is 0. The van der Waals surface area contributed by atoms with E-state index in [1.54, 1.807) is 0 Å². The fourth-order valence-corrected chi connectivity index (χ4v) is 1.26. The van der Waals surface area contributed by atoms with Crippen LogP contribution < -0.4 is 0 Å². The van der Waals surface area contributed by atoms with Crippen molar-refractivity contribution in [3.05, 3.63) is 10.1 Å². The van der Waals surface area contributed by atoms with Gasteiger partial charge in [0.15, 0.2) is 0 Å². The molecule has 0 aliphatic carbocycles. The quantitative estimate of drug-likeness (QED) is 0.288. The first-order valence-corrected chi connectivity index (χ1v) is 5.07. The van der Waals surface area contributed by atoms with Crippen molar-refractivity contribution < 1.29 is 4.92 Å². The van der Waals surface area contributed by atoms with Gasteiger partial charge in [-0.2, -0.15) is 0 Å². The maximum absolute atomic E-state index is 9.89. The molecule has 0 saturated carbocycles. The van der Waals surface area contributed by atoms with Gasteiger partial charge < -0.3 is 0 Å². The van der Waals surface area contributed by atoms with Gasteiger partial charge in [-0.3, -0.25) is 10.1 Å². The Morgan fingerprint density at radius 2 is 1.64 bits per heavy atom. The van der Waals surface area contributed by atoms with E-state index in [9.17, 15) is 10.1 Å². The van der Waals surface area contributed by atoms with E-state index in [4.69, 9.17) is 0 Å². The van der Waals surface area contributed by atoms with Gasteiger partial charge in [-0.15, -0.1) is 0 Å². The van der Waals surface area contributed by atoms with E-state index < -0.39 is 0 Å². The lowest BCUT2D eigenvalue weighted by Gasteiger charge is -1.95. The van der Waals surface area contributed by atoms with Crippen molar-refractivity contribution in [3.63, 3.8) is 0 Å². The molecule has 0 aliphatic rings. The zero-order chi connectivity index (χ0) is 8.53. The molecule has 0 atom stereocenters. The molecule has 0 amide bonds. The number of hydrogen-bond donors (Lipinski definition) is 0. The fraction of sp³-hybridized carbons (Fsp3) is 1.00. The lowest BCUT2D eigenvalue weighted by molar-refractivity contribution is -0.480. The average Bonchev–Trinajstić information content (AvgIpc) is 1.96. The van der Waals surface area contributed by atoms with Crippen LogP contribution in [0, 0.1) is 10.1 Å². The van der Waals surface area contributed by atoms with Crippen molar-refractivity contribution >= 4 is 15.9 Å². The van der Waals surface area contributed by atoms with Crippen LogP contribution in [-0.4, -0.2) is 16.8 Å². The van der Waals surface area contributed by atoms with Crippen LogP contribution in [-0.2, 0) is 0 Å². The van der Waals surface area contributed by atoms with Crippen LogP contribution in [0.25, 0.3) is 0 Å². The standard InChI is InChI=1S/C7H14BrNO2/c8-6-4-2-1-3-5-7-9(10)11/h1-7H2. The largest absolute Gasteiger partial charge is 0.265 e. The first-order chi connectivity index (χ1) is 5.27. The molecule has 0 N–H and O–H groups in total. The average molecular weight is 224 g/mol. The Morgan fingerprint density at radius 1 is 1.09 bits per heavy atom. The van der Waals surface area contributed by atoms with E-state index in [0.29, 0.717) is 0 Å². The van der Waals surface area contributed by atoms with Crippen LogP contribution in [0.4, 0.5) is 0 Å². The van der Waals surface area contributed by atoms with Gasteiger partial charge in [0.1, 0.15) is 0 Å². The number of rotatable bonds is 7. The summed E-state index contributed by atoms with van der Waals surface area (Å²) in [5, 5.41) is 10.9. The molecule has 66 valence electrons. The summed E-state index contributed by atoms with van der Waals surface area (Å²) >= 11 is 3.33. The molecule has 0 bridgehead atoms. The predicted molar refractivity (Wildman–Crippen MR) is 48.7 cm³/mol. The predicted octanol–water partition coefficient (Wildman–Crippen LogP) is 2.61. The molecule has 0 rings (SSSR count). The molecule has 0 aliphatic heterocycles. The zero-order valence-corrected chi connectivity index (χ0v) is 8.18. The van der Waals surface area contributed by atoms with Crippen LogP contribution in [0.3, 0.4) is 0 Å². The van der Waals surface area contributed by atoms with E-state index in [2.05, 4.69) is 15.9 Å². The number of nitrogens with zero attached hydrogens (tertiary/aromatic N) is 1. The Morgan fingerprint density at radius 3 is 2.18 bits per heavy atom. The molecule has 0 fully saturated rings. The van der Waals surface area contributed by atoms with Gasteiger partial charge in [0.25, 0.3) is 0 Å². The summed E-state index contributed by atoms with van der Waals surface area (Å²) in [5.74, 6) is 0. The highest BCUT2D eigenvalue weighted by Crippen LogP contribution is 2.04. The molecule has 11 heavy (non-hydrogen) atoms. The number of alkyl halides is 1. The SMILES string of the molecule is O=[N+]([O-])CCCCCCCBr. The van der Waals surface area contributed by atoms with Crippen molar-refractivity contribution in [2.45, 2.75) is 32.1 Å².